The number of Topliss-reactive ketones (excluding diaryl/α,β-unsaturated/α-hetero) is 1. The second kappa shape index (κ2) is 11.9. The Kier molecular flexibility index (Phi) is 8.74. The van der Waals surface area contributed by atoms with Crippen molar-refractivity contribution in [2.24, 2.45) is 12.1 Å². The van der Waals surface area contributed by atoms with Crippen molar-refractivity contribution in [2.45, 2.75) is 26.2 Å². The number of benzene rings is 3. The number of ketones is 2. The van der Waals surface area contributed by atoms with Gasteiger partial charge in [-0.1, -0.05) is 106 Å². The van der Waals surface area contributed by atoms with Crippen LogP contribution in [0.3, 0.4) is 0 Å². The third kappa shape index (κ3) is 6.79. The number of nitrogens with zero attached hydrogens (tertiary/aromatic N) is 3. The molecule has 0 radical (unpaired) electrons. The lowest BCUT2D eigenvalue weighted by molar-refractivity contribution is 0.102. The molecule has 0 atom stereocenters. The molecule has 4 aromatic rings. The predicted molar refractivity (Wildman–Crippen MR) is 147 cm³/mol. The number of nitrogens with one attached hydrogen (secondary N) is 1. The SMILES string of the molecule is CNN=CC(=O)c1ccccc1.Cn1nc(C(=O)c2ccccc2)c(O)c1-c1ccc(C(C)(C)C)cc1. The molecule has 7 heteroatoms. The van der Waals surface area contributed by atoms with Crippen molar-refractivity contribution in [1.82, 2.24) is 15.2 Å². The minimum absolute atomic E-state index is 0.0570. The lowest BCUT2D eigenvalue weighted by Crippen LogP contribution is -2.10. The van der Waals surface area contributed by atoms with Crippen LogP contribution in [0.2, 0.25) is 0 Å². The van der Waals surface area contributed by atoms with Gasteiger partial charge in [-0.3, -0.25) is 14.3 Å². The summed E-state index contributed by atoms with van der Waals surface area (Å²) in [5.74, 6) is -0.462. The lowest BCUT2D eigenvalue weighted by atomic mass is 9.86. The summed E-state index contributed by atoms with van der Waals surface area (Å²) in [5, 5.41) is 18.5. The maximum absolute atomic E-state index is 12.6. The number of aryl methyl sites for hydroxylation is 1. The van der Waals surface area contributed by atoms with E-state index in [-0.39, 0.29) is 28.4 Å². The summed E-state index contributed by atoms with van der Waals surface area (Å²) < 4.78 is 1.55. The summed E-state index contributed by atoms with van der Waals surface area (Å²) in [5.41, 5.74) is 6.38. The average Bonchev–Trinajstić information content (AvgIpc) is 3.21. The van der Waals surface area contributed by atoms with Gasteiger partial charge in [0.05, 0.1) is 6.21 Å². The molecule has 37 heavy (non-hydrogen) atoms. The third-order valence-electron chi connectivity index (χ3n) is 5.67. The minimum atomic E-state index is -0.286. The number of carbonyl (C=O) groups is 2. The third-order valence-corrected chi connectivity index (χ3v) is 5.67. The summed E-state index contributed by atoms with van der Waals surface area (Å²) >= 11 is 0. The number of rotatable bonds is 6. The van der Waals surface area contributed by atoms with E-state index < -0.39 is 0 Å². The van der Waals surface area contributed by atoms with E-state index in [2.05, 4.69) is 36.4 Å². The zero-order valence-electron chi connectivity index (χ0n) is 21.8. The van der Waals surface area contributed by atoms with E-state index in [1.807, 2.05) is 48.5 Å². The van der Waals surface area contributed by atoms with Crippen molar-refractivity contribution in [3.8, 4) is 17.0 Å². The molecule has 2 N–H and O–H groups in total. The number of hydrogen-bond acceptors (Lipinski definition) is 6. The normalized spacial score (nSPS) is 11.1. The Morgan fingerprint density at radius 1 is 0.892 bits per heavy atom. The van der Waals surface area contributed by atoms with Gasteiger partial charge in [0.25, 0.3) is 0 Å². The number of aromatic hydroxyl groups is 1. The fraction of sp³-hybridized carbons (Fsp3) is 0.200. The molecule has 1 heterocycles. The van der Waals surface area contributed by atoms with E-state index in [4.69, 9.17) is 0 Å². The summed E-state index contributed by atoms with van der Waals surface area (Å²) in [4.78, 5) is 23.8. The summed E-state index contributed by atoms with van der Waals surface area (Å²) in [6.45, 7) is 6.46. The smallest absolute Gasteiger partial charge is 0.217 e. The first-order chi connectivity index (χ1) is 17.6. The van der Waals surface area contributed by atoms with E-state index >= 15 is 0 Å². The van der Waals surface area contributed by atoms with Crippen molar-refractivity contribution in [3.63, 3.8) is 0 Å². The summed E-state index contributed by atoms with van der Waals surface area (Å²) in [6.07, 6.45) is 1.26. The molecule has 0 spiro atoms. The number of aromatic nitrogens is 2. The Labute approximate surface area is 217 Å². The first kappa shape index (κ1) is 27.1. The van der Waals surface area contributed by atoms with Crippen molar-refractivity contribution >= 4 is 17.8 Å². The first-order valence-corrected chi connectivity index (χ1v) is 11.9. The van der Waals surface area contributed by atoms with Crippen LogP contribution in [0.25, 0.3) is 11.3 Å². The largest absolute Gasteiger partial charge is 0.504 e. The van der Waals surface area contributed by atoms with Gasteiger partial charge in [0.1, 0.15) is 5.69 Å². The second-order valence-electron chi connectivity index (χ2n) is 9.40. The molecule has 0 saturated heterocycles. The highest BCUT2D eigenvalue weighted by Crippen LogP contribution is 2.34. The van der Waals surface area contributed by atoms with E-state index in [0.29, 0.717) is 16.8 Å². The topological polar surface area (TPSA) is 96.6 Å². The molecule has 1 aromatic heterocycles. The van der Waals surface area contributed by atoms with Crippen molar-refractivity contribution in [1.29, 1.82) is 0 Å². The molecule has 4 rings (SSSR count). The Balaban J connectivity index is 0.000000266. The van der Waals surface area contributed by atoms with E-state index in [0.717, 1.165) is 5.56 Å². The van der Waals surface area contributed by atoms with Crippen molar-refractivity contribution in [2.75, 3.05) is 7.05 Å². The molecular weight excluding hydrogens is 464 g/mol. The standard InChI is InChI=1S/C21H22N2O2.C9H10N2O/c1-21(2,3)16-12-10-14(11-13-16)18-20(25)17(22-23(18)4)19(24)15-8-6-5-7-9-15;1-10-11-7-9(12)8-5-3-2-4-6-8/h5-13,25H,1-4H3;2-7,10H,1H3. The maximum Gasteiger partial charge on any atom is 0.217 e. The molecule has 0 saturated carbocycles. The van der Waals surface area contributed by atoms with Crippen LogP contribution in [-0.2, 0) is 12.5 Å². The van der Waals surface area contributed by atoms with Gasteiger partial charge in [0.15, 0.2) is 11.4 Å². The van der Waals surface area contributed by atoms with Crippen LogP contribution in [0, 0.1) is 0 Å². The molecular formula is C30H32N4O3. The fourth-order valence-electron chi connectivity index (χ4n) is 3.64. The molecule has 0 unspecified atom stereocenters. The van der Waals surface area contributed by atoms with Crippen LogP contribution >= 0.6 is 0 Å². The number of hydrogen-bond donors (Lipinski definition) is 2. The van der Waals surface area contributed by atoms with Gasteiger partial charge in [-0.15, -0.1) is 0 Å². The molecule has 7 nitrogen and oxygen atoms in total. The minimum Gasteiger partial charge on any atom is -0.504 e. The van der Waals surface area contributed by atoms with Crippen LogP contribution < -0.4 is 5.43 Å². The van der Waals surface area contributed by atoms with Gasteiger partial charge in [-0.2, -0.15) is 10.2 Å². The highest BCUT2D eigenvalue weighted by molar-refractivity contribution is 6.35. The van der Waals surface area contributed by atoms with Gasteiger partial charge < -0.3 is 10.5 Å². The molecule has 0 aliphatic heterocycles. The predicted octanol–water partition coefficient (Wildman–Crippen LogP) is 5.40. The maximum atomic E-state index is 12.6. The molecule has 0 bridgehead atoms. The zero-order valence-corrected chi connectivity index (χ0v) is 21.8. The van der Waals surface area contributed by atoms with E-state index in [1.54, 1.807) is 55.2 Å². The van der Waals surface area contributed by atoms with Gasteiger partial charge >= 0.3 is 0 Å². The Hall–Kier alpha value is -4.52. The molecule has 0 fully saturated rings. The van der Waals surface area contributed by atoms with Crippen LogP contribution in [-0.4, -0.2) is 39.7 Å². The molecule has 0 aliphatic carbocycles. The van der Waals surface area contributed by atoms with Crippen LogP contribution in [0.4, 0.5) is 0 Å². The lowest BCUT2D eigenvalue weighted by Gasteiger charge is -2.19. The Bertz CT molecular complexity index is 1370. The van der Waals surface area contributed by atoms with Crippen LogP contribution in [0.1, 0.15) is 52.7 Å². The first-order valence-electron chi connectivity index (χ1n) is 11.9. The molecule has 3 aromatic carbocycles. The van der Waals surface area contributed by atoms with Gasteiger partial charge in [-0.05, 0) is 11.0 Å². The Morgan fingerprint density at radius 2 is 1.43 bits per heavy atom. The Morgan fingerprint density at radius 3 is 1.95 bits per heavy atom. The quantitative estimate of drug-likeness (QED) is 0.212. The van der Waals surface area contributed by atoms with Crippen LogP contribution in [0.15, 0.2) is 90.0 Å². The highest BCUT2D eigenvalue weighted by atomic mass is 16.3. The van der Waals surface area contributed by atoms with Gasteiger partial charge in [0, 0.05) is 30.8 Å². The second-order valence-corrected chi connectivity index (χ2v) is 9.40. The fourth-order valence-corrected chi connectivity index (χ4v) is 3.64. The van der Waals surface area contributed by atoms with Gasteiger partial charge in [0.2, 0.25) is 11.6 Å². The average molecular weight is 497 g/mol. The van der Waals surface area contributed by atoms with Crippen molar-refractivity contribution < 1.29 is 14.7 Å². The summed E-state index contributed by atoms with van der Waals surface area (Å²) in [6, 6.07) is 25.9. The zero-order chi connectivity index (χ0) is 27.0. The summed E-state index contributed by atoms with van der Waals surface area (Å²) in [7, 11) is 3.38. The molecule has 190 valence electrons. The number of hydrazone groups is 1. The van der Waals surface area contributed by atoms with E-state index in [1.165, 1.54) is 11.8 Å². The van der Waals surface area contributed by atoms with Gasteiger partial charge in [-0.25, -0.2) is 0 Å². The monoisotopic (exact) mass is 496 g/mol. The number of carbonyl (C=O) groups excluding carboxylic acids is 2. The molecule has 0 aliphatic rings. The molecule has 0 amide bonds. The van der Waals surface area contributed by atoms with E-state index in [9.17, 15) is 14.7 Å². The van der Waals surface area contributed by atoms with Crippen molar-refractivity contribution in [3.05, 3.63) is 107 Å². The van der Waals surface area contributed by atoms with Crippen LogP contribution in [0.5, 0.6) is 5.75 Å². The highest BCUT2D eigenvalue weighted by Gasteiger charge is 2.23.